The van der Waals surface area contributed by atoms with Crippen molar-refractivity contribution >= 4 is 34.1 Å². The number of benzene rings is 2. The Labute approximate surface area is 173 Å². The minimum Gasteiger partial charge on any atom is -0.477 e. The Hall–Kier alpha value is -2.80. The molecule has 1 amide bonds. The summed E-state index contributed by atoms with van der Waals surface area (Å²) < 4.78 is 84.0. The van der Waals surface area contributed by atoms with Gasteiger partial charge < -0.3 is 4.74 Å². The van der Waals surface area contributed by atoms with Crippen LogP contribution >= 0.6 is 23.1 Å². The van der Waals surface area contributed by atoms with Gasteiger partial charge in [0.15, 0.2) is 16.7 Å². The van der Waals surface area contributed by atoms with Crippen molar-refractivity contribution in [3.05, 3.63) is 64.7 Å². The fourth-order valence-corrected chi connectivity index (χ4v) is 3.77. The first-order valence-corrected chi connectivity index (χ1v) is 9.71. The van der Waals surface area contributed by atoms with Crippen LogP contribution in [0.25, 0.3) is 0 Å². The third kappa shape index (κ3) is 5.02. The Bertz CT molecular complexity index is 1050. The van der Waals surface area contributed by atoms with E-state index in [-0.39, 0.29) is 10.9 Å². The maximum Gasteiger partial charge on any atom is 0.264 e. The summed E-state index contributed by atoms with van der Waals surface area (Å²) in [7, 11) is 0. The highest BCUT2D eigenvalue weighted by Crippen LogP contribution is 2.30. The normalized spacial score (nSPS) is 10.9. The second-order valence-corrected chi connectivity index (χ2v) is 7.72. The summed E-state index contributed by atoms with van der Waals surface area (Å²) in [4.78, 5) is 11.8. The van der Waals surface area contributed by atoms with E-state index in [2.05, 4.69) is 20.3 Å². The number of aromatic nitrogens is 2. The van der Waals surface area contributed by atoms with Gasteiger partial charge in [-0.15, -0.1) is 10.2 Å². The van der Waals surface area contributed by atoms with Gasteiger partial charge in [0, 0.05) is 5.75 Å². The number of nitrogens with zero attached hydrogens (tertiary/aromatic N) is 2. The van der Waals surface area contributed by atoms with Gasteiger partial charge in [0.25, 0.3) is 5.91 Å². The first kappa shape index (κ1) is 21.9. The molecular weight excluding hydrogens is 456 g/mol. The van der Waals surface area contributed by atoms with Gasteiger partial charge in [0.1, 0.15) is 5.82 Å². The molecule has 0 bridgehead atoms. The summed E-state index contributed by atoms with van der Waals surface area (Å²) in [5.41, 5.74) is 0.832. The molecule has 0 unspecified atom stereocenters. The Morgan fingerprint density at radius 3 is 2.17 bits per heavy atom. The lowest BCUT2D eigenvalue weighted by Gasteiger charge is -2.09. The predicted octanol–water partition coefficient (Wildman–Crippen LogP) is 4.68. The zero-order chi connectivity index (χ0) is 21.8. The molecule has 0 aliphatic heterocycles. The van der Waals surface area contributed by atoms with E-state index in [9.17, 15) is 31.1 Å². The average Bonchev–Trinajstić information content (AvgIpc) is 3.17. The fraction of sp³-hybridized carbons (Fsp3) is 0.118. The van der Waals surface area contributed by atoms with Crippen LogP contribution in [0.3, 0.4) is 0 Å². The van der Waals surface area contributed by atoms with Crippen molar-refractivity contribution in [2.75, 3.05) is 11.9 Å². The Morgan fingerprint density at radius 2 is 1.53 bits per heavy atom. The van der Waals surface area contributed by atoms with Crippen LogP contribution in [0.5, 0.6) is 5.75 Å². The average molecular weight is 465 g/mol. The fourth-order valence-electron chi connectivity index (χ4n) is 2.05. The van der Waals surface area contributed by atoms with Crippen LogP contribution in [0, 0.1) is 34.9 Å². The number of hydrogen-bond acceptors (Lipinski definition) is 6. The molecule has 0 fully saturated rings. The molecule has 2 aromatic carbocycles. The Kier molecular flexibility index (Phi) is 6.82. The maximum atomic E-state index is 13.5. The first-order chi connectivity index (χ1) is 14.3. The molecule has 158 valence electrons. The SMILES string of the molecule is O=C(COc1c(F)c(F)c(F)c(F)c1F)Nc1nnc(SCc2ccc(F)cc2)s1. The molecule has 5 nitrogen and oxygen atoms in total. The lowest BCUT2D eigenvalue weighted by Crippen LogP contribution is -2.21. The molecular formula is C17H9F6N3O2S2. The highest BCUT2D eigenvalue weighted by atomic mass is 32.2. The van der Waals surface area contributed by atoms with Crippen molar-refractivity contribution in [1.29, 1.82) is 0 Å². The topological polar surface area (TPSA) is 64.1 Å². The lowest BCUT2D eigenvalue weighted by molar-refractivity contribution is -0.118. The molecule has 0 aliphatic carbocycles. The number of thioether (sulfide) groups is 1. The van der Waals surface area contributed by atoms with Gasteiger partial charge in [-0.05, 0) is 17.7 Å². The van der Waals surface area contributed by atoms with Crippen LogP contribution in [0.2, 0.25) is 0 Å². The standard InChI is InChI=1S/C17H9F6N3O2S2/c18-8-3-1-7(2-4-8)6-29-17-26-25-16(30-17)24-9(27)5-28-15-13(22)11(20)10(19)12(21)14(15)23/h1-4H,5-6H2,(H,24,25,27). The summed E-state index contributed by atoms with van der Waals surface area (Å²) in [6.45, 7) is -1.03. The number of halogens is 6. The summed E-state index contributed by atoms with van der Waals surface area (Å²) >= 11 is 2.25. The molecule has 13 heteroatoms. The van der Waals surface area contributed by atoms with Crippen molar-refractivity contribution in [3.63, 3.8) is 0 Å². The molecule has 0 radical (unpaired) electrons. The number of ether oxygens (including phenoxy) is 1. The highest BCUT2D eigenvalue weighted by molar-refractivity contribution is 8.00. The van der Waals surface area contributed by atoms with E-state index < -0.39 is 47.3 Å². The first-order valence-electron chi connectivity index (χ1n) is 7.91. The molecule has 0 spiro atoms. The quantitative estimate of drug-likeness (QED) is 0.181. The van der Waals surface area contributed by atoms with Gasteiger partial charge in [-0.3, -0.25) is 10.1 Å². The van der Waals surface area contributed by atoms with Crippen LogP contribution < -0.4 is 10.1 Å². The van der Waals surface area contributed by atoms with Crippen LogP contribution in [0.1, 0.15) is 5.56 Å². The monoisotopic (exact) mass is 465 g/mol. The summed E-state index contributed by atoms with van der Waals surface area (Å²) in [6, 6.07) is 5.82. The van der Waals surface area contributed by atoms with Crippen molar-refractivity contribution in [1.82, 2.24) is 10.2 Å². The van der Waals surface area contributed by atoms with Gasteiger partial charge >= 0.3 is 0 Å². The molecule has 1 aromatic heterocycles. The van der Waals surface area contributed by atoms with Crippen LogP contribution in [-0.4, -0.2) is 22.7 Å². The number of hydrogen-bond donors (Lipinski definition) is 1. The van der Waals surface area contributed by atoms with Crippen molar-refractivity contribution in [2.45, 2.75) is 10.1 Å². The number of carbonyl (C=O) groups is 1. The van der Waals surface area contributed by atoms with Gasteiger partial charge in [0.2, 0.25) is 34.2 Å². The van der Waals surface area contributed by atoms with Crippen molar-refractivity contribution in [3.8, 4) is 5.75 Å². The van der Waals surface area contributed by atoms with E-state index in [0.29, 0.717) is 10.1 Å². The van der Waals surface area contributed by atoms with Crippen LogP contribution in [-0.2, 0) is 10.5 Å². The minimum atomic E-state index is -2.33. The van der Waals surface area contributed by atoms with Gasteiger partial charge in [-0.25, -0.2) is 17.6 Å². The molecule has 1 N–H and O–H groups in total. The van der Waals surface area contributed by atoms with Gasteiger partial charge in [0.05, 0.1) is 0 Å². The zero-order valence-electron chi connectivity index (χ0n) is 14.5. The van der Waals surface area contributed by atoms with Crippen molar-refractivity contribution < 1.29 is 35.9 Å². The maximum absolute atomic E-state index is 13.5. The second-order valence-electron chi connectivity index (χ2n) is 5.52. The Morgan fingerprint density at radius 1 is 0.933 bits per heavy atom. The summed E-state index contributed by atoms with van der Waals surface area (Å²) in [6.07, 6.45) is 0. The van der Waals surface area contributed by atoms with E-state index in [4.69, 9.17) is 0 Å². The molecule has 1 heterocycles. The molecule has 0 saturated carbocycles. The number of nitrogens with one attached hydrogen (secondary N) is 1. The molecule has 0 saturated heterocycles. The molecule has 3 aromatic rings. The Balaban J connectivity index is 1.55. The highest BCUT2D eigenvalue weighted by Gasteiger charge is 2.27. The third-order valence-corrected chi connectivity index (χ3v) is 5.49. The van der Waals surface area contributed by atoms with E-state index in [1.165, 1.54) is 23.9 Å². The van der Waals surface area contributed by atoms with Crippen molar-refractivity contribution in [2.24, 2.45) is 0 Å². The molecule has 0 atom stereocenters. The zero-order valence-corrected chi connectivity index (χ0v) is 16.2. The van der Waals surface area contributed by atoms with E-state index in [1.807, 2.05) is 0 Å². The van der Waals surface area contributed by atoms with Crippen LogP contribution in [0.15, 0.2) is 28.6 Å². The van der Waals surface area contributed by atoms with E-state index in [0.717, 1.165) is 16.9 Å². The third-order valence-electron chi connectivity index (χ3n) is 3.45. The molecule has 30 heavy (non-hydrogen) atoms. The number of rotatable bonds is 7. The second kappa shape index (κ2) is 9.34. The number of anilines is 1. The predicted molar refractivity (Wildman–Crippen MR) is 96.2 cm³/mol. The summed E-state index contributed by atoms with van der Waals surface area (Å²) in [5, 5.41) is 9.78. The van der Waals surface area contributed by atoms with E-state index >= 15 is 0 Å². The van der Waals surface area contributed by atoms with E-state index in [1.54, 1.807) is 12.1 Å². The molecule has 3 rings (SSSR count). The summed E-state index contributed by atoms with van der Waals surface area (Å²) in [5.74, 6) is -13.5. The molecule has 0 aliphatic rings. The van der Waals surface area contributed by atoms with Gasteiger partial charge in [-0.2, -0.15) is 8.78 Å². The lowest BCUT2D eigenvalue weighted by atomic mass is 10.2. The largest absolute Gasteiger partial charge is 0.477 e. The van der Waals surface area contributed by atoms with Gasteiger partial charge in [-0.1, -0.05) is 35.2 Å². The number of amides is 1. The van der Waals surface area contributed by atoms with Crippen LogP contribution in [0.4, 0.5) is 31.5 Å². The number of carbonyl (C=O) groups excluding carboxylic acids is 1. The minimum absolute atomic E-state index is 0.0302. The smallest absolute Gasteiger partial charge is 0.264 e.